The minimum absolute atomic E-state index is 0.00463. The van der Waals surface area contributed by atoms with Gasteiger partial charge in [0.2, 0.25) is 6.79 Å². The number of benzene rings is 2. The average Bonchev–Trinajstić information content (AvgIpc) is 3.53. The topological polar surface area (TPSA) is 160 Å². The number of nitrogens with two attached hydrogens (primary N) is 2. The summed E-state index contributed by atoms with van der Waals surface area (Å²) in [6, 6.07) is 16.8. The molecule has 0 saturated carbocycles. The summed E-state index contributed by atoms with van der Waals surface area (Å²) in [7, 11) is 0. The number of fused-ring (bicyclic) bond motifs is 1. The maximum absolute atomic E-state index is 15.4. The number of aromatic nitrogens is 6. The average molecular weight is 726 g/mol. The molecule has 15 heteroatoms. The van der Waals surface area contributed by atoms with E-state index in [2.05, 4.69) is 29.8 Å². The lowest BCUT2D eigenvalue weighted by molar-refractivity contribution is -0.149. The Morgan fingerprint density at radius 2 is 1.85 bits per heavy atom. The number of imidazole rings is 1. The van der Waals surface area contributed by atoms with E-state index < -0.39 is 35.7 Å². The molecule has 0 bridgehead atoms. The number of esters is 1. The van der Waals surface area contributed by atoms with Crippen LogP contribution in [0.25, 0.3) is 22.4 Å². The van der Waals surface area contributed by atoms with E-state index in [-0.39, 0.29) is 24.3 Å². The standard InChI is InChI=1S/C37H34ClF2N9O3/c1-22-5-2-6-23(11-22)12-32(50)51-21-52-34-26(39)13-24(14-27(34)40)28-15-25(17-49-20-46-33-35(41)44-19-45-36(33)49)29(16-43-28)48-10-4-9-37(42,18-48)30-7-3-8-31(38)47-30/h2-3,5-8,11,13-16,19-20H,4,9-10,12,17-18,21,42H2,1H3,(H2,41,44,45)/t37-/m1/s1. The van der Waals surface area contributed by atoms with Gasteiger partial charge in [-0.05, 0) is 61.2 Å². The van der Waals surface area contributed by atoms with Crippen LogP contribution in [0.15, 0.2) is 79.5 Å². The molecule has 52 heavy (non-hydrogen) atoms. The van der Waals surface area contributed by atoms with Crippen molar-refractivity contribution in [2.24, 2.45) is 5.73 Å². The van der Waals surface area contributed by atoms with E-state index >= 15 is 8.78 Å². The Kier molecular flexibility index (Phi) is 9.67. The second kappa shape index (κ2) is 14.5. The summed E-state index contributed by atoms with van der Waals surface area (Å²) in [6.07, 6.45) is 6.09. The van der Waals surface area contributed by atoms with E-state index in [0.29, 0.717) is 47.2 Å². The Balaban J connectivity index is 1.16. The fourth-order valence-corrected chi connectivity index (χ4v) is 6.64. The molecule has 12 nitrogen and oxygen atoms in total. The van der Waals surface area contributed by atoms with Crippen molar-refractivity contribution in [2.75, 3.05) is 30.5 Å². The van der Waals surface area contributed by atoms with Crippen molar-refractivity contribution in [1.82, 2.24) is 29.5 Å². The minimum Gasteiger partial charge on any atom is -0.451 e. The molecule has 0 unspecified atom stereocenters. The number of carbonyl (C=O) groups is 1. The van der Waals surface area contributed by atoms with Gasteiger partial charge in [0.1, 0.15) is 17.0 Å². The van der Waals surface area contributed by atoms with Crippen LogP contribution in [0.3, 0.4) is 0 Å². The van der Waals surface area contributed by atoms with Gasteiger partial charge in [0.05, 0.1) is 48.1 Å². The lowest BCUT2D eigenvalue weighted by atomic mass is 9.86. The Morgan fingerprint density at radius 1 is 1.04 bits per heavy atom. The number of rotatable bonds is 10. The summed E-state index contributed by atoms with van der Waals surface area (Å²) < 4.78 is 42.8. The first-order valence-electron chi connectivity index (χ1n) is 16.5. The van der Waals surface area contributed by atoms with Gasteiger partial charge in [-0.1, -0.05) is 47.5 Å². The lowest BCUT2D eigenvalue weighted by Crippen LogP contribution is -2.52. The maximum Gasteiger partial charge on any atom is 0.313 e. The van der Waals surface area contributed by atoms with Crippen LogP contribution in [0.5, 0.6) is 5.75 Å². The second-order valence-corrected chi connectivity index (χ2v) is 13.1. The highest BCUT2D eigenvalue weighted by Gasteiger charge is 2.36. The first-order valence-corrected chi connectivity index (χ1v) is 16.8. The number of carbonyl (C=O) groups excluding carboxylic acids is 1. The Bertz CT molecular complexity index is 2260. The zero-order chi connectivity index (χ0) is 36.4. The molecule has 1 aliphatic rings. The van der Waals surface area contributed by atoms with E-state index in [1.807, 2.05) is 41.8 Å². The Labute approximate surface area is 302 Å². The van der Waals surface area contributed by atoms with E-state index in [0.717, 1.165) is 40.9 Å². The van der Waals surface area contributed by atoms with Gasteiger partial charge in [0.25, 0.3) is 0 Å². The van der Waals surface area contributed by atoms with Crippen LogP contribution in [0.2, 0.25) is 5.15 Å². The summed E-state index contributed by atoms with van der Waals surface area (Å²) in [5, 5.41) is 0.356. The van der Waals surface area contributed by atoms with Gasteiger partial charge in [-0.2, -0.15) is 0 Å². The zero-order valence-corrected chi connectivity index (χ0v) is 28.9. The van der Waals surface area contributed by atoms with Crippen molar-refractivity contribution >= 4 is 40.2 Å². The molecule has 7 rings (SSSR count). The molecule has 0 aliphatic carbocycles. The predicted molar refractivity (Wildman–Crippen MR) is 191 cm³/mol. The molecule has 1 atom stereocenters. The number of hydrogen-bond donors (Lipinski definition) is 2. The fourth-order valence-electron chi connectivity index (χ4n) is 6.48. The number of hydrogen-bond acceptors (Lipinski definition) is 11. The zero-order valence-electron chi connectivity index (χ0n) is 28.1. The third-order valence-electron chi connectivity index (χ3n) is 8.97. The molecule has 266 valence electrons. The third-order valence-corrected chi connectivity index (χ3v) is 9.18. The Hall–Kier alpha value is -5.73. The Morgan fingerprint density at radius 3 is 2.63 bits per heavy atom. The number of nitrogens with zero attached hydrogens (tertiary/aromatic N) is 7. The first-order chi connectivity index (χ1) is 25.1. The maximum atomic E-state index is 15.4. The molecule has 4 aromatic heterocycles. The highest BCUT2D eigenvalue weighted by atomic mass is 35.5. The van der Waals surface area contributed by atoms with Crippen molar-refractivity contribution in [3.8, 4) is 17.0 Å². The lowest BCUT2D eigenvalue weighted by Gasteiger charge is -2.41. The molecular formula is C37H34ClF2N9O3. The fraction of sp³-hybridized carbons (Fsp3) is 0.243. The smallest absolute Gasteiger partial charge is 0.313 e. The molecule has 1 aliphatic heterocycles. The van der Waals surface area contributed by atoms with Crippen LogP contribution >= 0.6 is 11.6 Å². The van der Waals surface area contributed by atoms with E-state index in [1.165, 1.54) is 6.33 Å². The van der Waals surface area contributed by atoms with Gasteiger partial charge < -0.3 is 30.4 Å². The summed E-state index contributed by atoms with van der Waals surface area (Å²) in [4.78, 5) is 36.4. The summed E-state index contributed by atoms with van der Waals surface area (Å²) in [6.45, 7) is 2.61. The normalized spacial score (nSPS) is 15.9. The van der Waals surface area contributed by atoms with Crippen molar-refractivity contribution in [3.63, 3.8) is 0 Å². The minimum atomic E-state index is -0.983. The quantitative estimate of drug-likeness (QED) is 0.101. The van der Waals surface area contributed by atoms with Crippen molar-refractivity contribution in [3.05, 3.63) is 119 Å². The first kappa shape index (κ1) is 34.7. The van der Waals surface area contributed by atoms with Gasteiger partial charge in [-0.25, -0.2) is 28.7 Å². The molecule has 2 aromatic carbocycles. The number of anilines is 2. The summed E-state index contributed by atoms with van der Waals surface area (Å²) >= 11 is 6.22. The summed E-state index contributed by atoms with van der Waals surface area (Å²) in [5.41, 5.74) is 17.6. The van der Waals surface area contributed by atoms with Crippen LogP contribution in [0, 0.1) is 18.6 Å². The molecule has 1 fully saturated rings. The molecule has 5 heterocycles. The molecule has 0 radical (unpaired) electrons. The number of ether oxygens (including phenoxy) is 2. The van der Waals surface area contributed by atoms with Crippen molar-refractivity contribution in [1.29, 1.82) is 0 Å². The van der Waals surface area contributed by atoms with Crippen LogP contribution in [0.4, 0.5) is 20.3 Å². The number of aryl methyl sites for hydroxylation is 1. The van der Waals surface area contributed by atoms with Crippen LogP contribution in [-0.2, 0) is 28.0 Å². The number of pyridine rings is 2. The van der Waals surface area contributed by atoms with E-state index in [1.54, 1.807) is 30.7 Å². The molecular weight excluding hydrogens is 692 g/mol. The van der Waals surface area contributed by atoms with Gasteiger partial charge in [0, 0.05) is 18.7 Å². The SMILES string of the molecule is Cc1cccc(CC(=O)OCOc2c(F)cc(-c3cc(Cn4cnc5c(N)ncnc54)c(N4CCC[C@](N)(c5cccc(Cl)n5)C4)cn3)cc2F)c1. The molecule has 0 amide bonds. The van der Waals surface area contributed by atoms with Gasteiger partial charge in [-0.3, -0.25) is 9.78 Å². The van der Waals surface area contributed by atoms with Crippen LogP contribution < -0.4 is 21.1 Å². The summed E-state index contributed by atoms with van der Waals surface area (Å²) in [5.74, 6) is -2.99. The van der Waals surface area contributed by atoms with E-state index in [9.17, 15) is 4.79 Å². The monoisotopic (exact) mass is 725 g/mol. The van der Waals surface area contributed by atoms with Gasteiger partial charge in [0.15, 0.2) is 28.8 Å². The number of halogens is 3. The molecule has 1 saturated heterocycles. The molecule has 4 N–H and O–H groups in total. The van der Waals surface area contributed by atoms with Crippen LogP contribution in [-0.4, -0.2) is 55.3 Å². The van der Waals surface area contributed by atoms with Crippen LogP contribution in [0.1, 0.15) is 35.2 Å². The molecule has 6 aromatic rings. The number of piperidine rings is 1. The van der Waals surface area contributed by atoms with E-state index in [4.69, 9.17) is 32.5 Å². The molecule has 0 spiro atoms. The van der Waals surface area contributed by atoms with Crippen molar-refractivity contribution in [2.45, 2.75) is 38.3 Å². The van der Waals surface area contributed by atoms with Crippen molar-refractivity contribution < 1.29 is 23.0 Å². The highest BCUT2D eigenvalue weighted by Crippen LogP contribution is 2.36. The number of nitrogen functional groups attached to an aromatic ring is 1. The highest BCUT2D eigenvalue weighted by molar-refractivity contribution is 6.29. The second-order valence-electron chi connectivity index (χ2n) is 12.7. The van der Waals surface area contributed by atoms with Gasteiger partial charge in [-0.15, -0.1) is 0 Å². The van der Waals surface area contributed by atoms with Gasteiger partial charge >= 0.3 is 5.97 Å². The third kappa shape index (κ3) is 7.34. The largest absolute Gasteiger partial charge is 0.451 e. The predicted octanol–water partition coefficient (Wildman–Crippen LogP) is 5.73.